The molecule has 1 atom stereocenters. The van der Waals surface area contributed by atoms with Crippen molar-refractivity contribution in [3.05, 3.63) is 59.2 Å². The van der Waals surface area contributed by atoms with Crippen molar-refractivity contribution in [1.82, 2.24) is 4.90 Å². The molecule has 4 rings (SSSR count). The molecule has 1 saturated carbocycles. The summed E-state index contributed by atoms with van der Waals surface area (Å²) in [5, 5.41) is 0. The van der Waals surface area contributed by atoms with Crippen LogP contribution in [-0.2, 0) is 27.3 Å². The van der Waals surface area contributed by atoms with Crippen LogP contribution in [0.2, 0.25) is 0 Å². The number of anilines is 1. The van der Waals surface area contributed by atoms with Crippen LogP contribution in [0, 0.1) is 18.8 Å². The Hall–Kier alpha value is -2.86. The molecule has 0 radical (unpaired) electrons. The standard InChI is InChI=1S/C32H44N2O4/c1-23-7-6-18-34(21-23)22-27-11-14-28(19-24(27)2)33(3)32(36)26-12-15-29(16-13-26)38-30-9-5-8-25(20-30)10-17-31(35)37-4/h5,8-9,11,14,19-20,23,26,29H,6-7,10,12-13,15-18,21-22H2,1-4H3/t23-,26?,29?/m1/s1. The summed E-state index contributed by atoms with van der Waals surface area (Å²) in [7, 11) is 3.32. The van der Waals surface area contributed by atoms with Crippen LogP contribution in [-0.4, -0.2) is 50.1 Å². The van der Waals surface area contributed by atoms with E-state index in [-0.39, 0.29) is 23.9 Å². The molecule has 0 unspecified atom stereocenters. The summed E-state index contributed by atoms with van der Waals surface area (Å²) in [6.45, 7) is 7.85. The van der Waals surface area contributed by atoms with Gasteiger partial charge in [0.1, 0.15) is 5.75 Å². The quantitative estimate of drug-likeness (QED) is 0.384. The molecule has 0 spiro atoms. The molecule has 2 aromatic carbocycles. The lowest BCUT2D eigenvalue weighted by atomic mass is 9.86. The zero-order valence-electron chi connectivity index (χ0n) is 23.6. The summed E-state index contributed by atoms with van der Waals surface area (Å²) in [6, 6.07) is 14.4. The normalized spacial score (nSPS) is 22.1. The van der Waals surface area contributed by atoms with E-state index in [0.717, 1.165) is 55.1 Å². The van der Waals surface area contributed by atoms with Gasteiger partial charge in [-0.15, -0.1) is 0 Å². The van der Waals surface area contributed by atoms with Crippen LogP contribution in [0.5, 0.6) is 5.75 Å². The number of hydrogen-bond donors (Lipinski definition) is 0. The first-order chi connectivity index (χ1) is 18.3. The third-order valence-corrected chi connectivity index (χ3v) is 8.25. The molecule has 6 nitrogen and oxygen atoms in total. The first-order valence-corrected chi connectivity index (χ1v) is 14.2. The van der Waals surface area contributed by atoms with E-state index >= 15 is 0 Å². The first-order valence-electron chi connectivity index (χ1n) is 14.2. The molecule has 1 aliphatic heterocycles. The third-order valence-electron chi connectivity index (χ3n) is 8.25. The van der Waals surface area contributed by atoms with Crippen molar-refractivity contribution in [2.45, 2.75) is 77.9 Å². The van der Waals surface area contributed by atoms with Crippen molar-refractivity contribution in [2.75, 3.05) is 32.1 Å². The van der Waals surface area contributed by atoms with Gasteiger partial charge in [-0.25, -0.2) is 0 Å². The maximum atomic E-state index is 13.3. The van der Waals surface area contributed by atoms with Gasteiger partial charge in [0.25, 0.3) is 0 Å². The molecule has 1 amide bonds. The molecule has 0 N–H and O–H groups in total. The highest BCUT2D eigenvalue weighted by Crippen LogP contribution is 2.31. The smallest absolute Gasteiger partial charge is 0.305 e. The number of ether oxygens (including phenoxy) is 2. The lowest BCUT2D eigenvalue weighted by molar-refractivity contribution is -0.140. The molecule has 2 aromatic rings. The highest BCUT2D eigenvalue weighted by Gasteiger charge is 2.30. The van der Waals surface area contributed by atoms with E-state index in [0.29, 0.717) is 12.8 Å². The molecule has 2 fully saturated rings. The van der Waals surface area contributed by atoms with Gasteiger partial charge in [-0.3, -0.25) is 14.5 Å². The van der Waals surface area contributed by atoms with Crippen molar-refractivity contribution >= 4 is 17.6 Å². The lowest BCUT2D eigenvalue weighted by Crippen LogP contribution is -2.37. The maximum absolute atomic E-state index is 13.3. The molecule has 1 heterocycles. The second-order valence-corrected chi connectivity index (χ2v) is 11.3. The third kappa shape index (κ3) is 7.59. The SMILES string of the molecule is COC(=O)CCc1cccc(OC2CCC(C(=O)N(C)c3ccc(CN4CCC[C@@H](C)C4)c(C)c3)CC2)c1. The van der Waals surface area contributed by atoms with Gasteiger partial charge in [-0.2, -0.15) is 0 Å². The fraction of sp³-hybridized carbons (Fsp3) is 0.562. The second-order valence-electron chi connectivity index (χ2n) is 11.3. The molecule has 1 saturated heterocycles. The van der Waals surface area contributed by atoms with Crippen molar-refractivity contribution in [3.63, 3.8) is 0 Å². The highest BCUT2D eigenvalue weighted by atomic mass is 16.5. The molecule has 2 aliphatic rings. The summed E-state index contributed by atoms with van der Waals surface area (Å²) in [5.74, 6) is 1.62. The number of esters is 1. The monoisotopic (exact) mass is 520 g/mol. The Balaban J connectivity index is 1.27. The Bertz CT molecular complexity index is 1090. The summed E-state index contributed by atoms with van der Waals surface area (Å²) in [5.41, 5.74) is 4.65. The number of amides is 1. The number of piperidine rings is 1. The van der Waals surface area contributed by atoms with Gasteiger partial charge >= 0.3 is 5.97 Å². The van der Waals surface area contributed by atoms with Crippen LogP contribution < -0.4 is 9.64 Å². The molecule has 206 valence electrons. The summed E-state index contributed by atoms with van der Waals surface area (Å²) in [6.07, 6.45) is 7.12. The van der Waals surface area contributed by atoms with Crippen molar-refractivity contribution in [2.24, 2.45) is 11.8 Å². The van der Waals surface area contributed by atoms with E-state index in [1.165, 1.54) is 44.2 Å². The number of carbonyl (C=O) groups excluding carboxylic acids is 2. The van der Waals surface area contributed by atoms with Crippen LogP contribution in [0.1, 0.15) is 68.6 Å². The number of likely N-dealkylation sites (tertiary alicyclic amines) is 1. The average molecular weight is 521 g/mol. The molecular formula is C32H44N2O4. The molecule has 6 heteroatoms. The average Bonchev–Trinajstić information content (AvgIpc) is 2.92. The van der Waals surface area contributed by atoms with Gasteiger partial charge in [0.15, 0.2) is 0 Å². The summed E-state index contributed by atoms with van der Waals surface area (Å²) < 4.78 is 11.0. The maximum Gasteiger partial charge on any atom is 0.305 e. The number of aryl methyl sites for hydroxylation is 2. The number of carbonyl (C=O) groups is 2. The Kier molecular flexibility index (Phi) is 9.84. The highest BCUT2D eigenvalue weighted by molar-refractivity contribution is 5.94. The van der Waals surface area contributed by atoms with Crippen LogP contribution in [0.25, 0.3) is 0 Å². The Morgan fingerprint density at radius 2 is 1.84 bits per heavy atom. The zero-order valence-corrected chi connectivity index (χ0v) is 23.6. The minimum atomic E-state index is -0.206. The largest absolute Gasteiger partial charge is 0.490 e. The zero-order chi connectivity index (χ0) is 27.1. The molecule has 0 aromatic heterocycles. The van der Waals surface area contributed by atoms with Gasteiger partial charge < -0.3 is 14.4 Å². The molecule has 0 bridgehead atoms. The summed E-state index contributed by atoms with van der Waals surface area (Å²) in [4.78, 5) is 29.2. The number of rotatable bonds is 9. The predicted molar refractivity (Wildman–Crippen MR) is 151 cm³/mol. The first kappa shape index (κ1) is 28.2. The van der Waals surface area contributed by atoms with Crippen LogP contribution in [0.4, 0.5) is 5.69 Å². The van der Waals surface area contributed by atoms with Gasteiger partial charge in [0, 0.05) is 38.2 Å². The second kappa shape index (κ2) is 13.3. The van der Waals surface area contributed by atoms with E-state index in [4.69, 9.17) is 9.47 Å². The minimum absolute atomic E-state index is 0.0288. The number of methoxy groups -OCH3 is 1. The Labute approximate surface area is 228 Å². The van der Waals surface area contributed by atoms with Crippen molar-refractivity contribution < 1.29 is 19.1 Å². The van der Waals surface area contributed by atoms with E-state index < -0.39 is 0 Å². The van der Waals surface area contributed by atoms with E-state index in [1.54, 1.807) is 0 Å². The van der Waals surface area contributed by atoms with Crippen molar-refractivity contribution in [3.8, 4) is 5.75 Å². The van der Waals surface area contributed by atoms with Crippen LogP contribution in [0.3, 0.4) is 0 Å². The van der Waals surface area contributed by atoms with Crippen molar-refractivity contribution in [1.29, 1.82) is 0 Å². The van der Waals surface area contributed by atoms with Gasteiger partial charge in [-0.1, -0.05) is 25.1 Å². The van der Waals surface area contributed by atoms with Gasteiger partial charge in [0.2, 0.25) is 5.91 Å². The number of hydrogen-bond acceptors (Lipinski definition) is 5. The van der Waals surface area contributed by atoms with Gasteiger partial charge in [0.05, 0.1) is 13.2 Å². The Morgan fingerprint density at radius 1 is 1.05 bits per heavy atom. The van der Waals surface area contributed by atoms with E-state index in [1.807, 2.05) is 36.2 Å². The number of benzene rings is 2. The van der Waals surface area contributed by atoms with Crippen LogP contribution >= 0.6 is 0 Å². The number of nitrogens with zero attached hydrogens (tertiary/aromatic N) is 2. The fourth-order valence-corrected chi connectivity index (χ4v) is 5.88. The summed E-state index contributed by atoms with van der Waals surface area (Å²) >= 11 is 0. The van der Waals surface area contributed by atoms with Crippen LogP contribution in [0.15, 0.2) is 42.5 Å². The predicted octanol–water partition coefficient (Wildman–Crippen LogP) is 5.93. The van der Waals surface area contributed by atoms with Gasteiger partial charge in [-0.05, 0) is 105 Å². The fourth-order valence-electron chi connectivity index (χ4n) is 5.88. The van der Waals surface area contributed by atoms with E-state index in [9.17, 15) is 9.59 Å². The molecule has 1 aliphatic carbocycles. The molecular weight excluding hydrogens is 476 g/mol. The molecule has 38 heavy (non-hydrogen) atoms. The Morgan fingerprint density at radius 3 is 2.55 bits per heavy atom. The minimum Gasteiger partial charge on any atom is -0.490 e. The topological polar surface area (TPSA) is 59.1 Å². The van der Waals surface area contributed by atoms with E-state index in [2.05, 4.69) is 36.9 Å². The lowest BCUT2D eigenvalue weighted by Gasteiger charge is -2.32.